The molecular formula is C13H17N5O2. The Labute approximate surface area is 116 Å². The molecule has 3 heterocycles. The van der Waals surface area contributed by atoms with Gasteiger partial charge >= 0.3 is 5.97 Å². The smallest absolute Gasteiger partial charge is 0.326 e. The monoisotopic (exact) mass is 275 g/mol. The van der Waals surface area contributed by atoms with Crippen LogP contribution in [0, 0.1) is 5.41 Å². The van der Waals surface area contributed by atoms with E-state index < -0.39 is 12.0 Å². The van der Waals surface area contributed by atoms with Crippen LogP contribution in [-0.4, -0.2) is 43.6 Å². The number of nitrogens with zero attached hydrogens (tertiary/aromatic N) is 4. The standard InChI is InChI=1S/C13H17N5O2/c1-13(2)4-3-5-18(9(13)12(19)20)11-8-10(15-6-14-8)16-7-17-11/h6-7,9H,3-5H2,1-2H3,(H,19,20)(H,14,15,16,17). The highest BCUT2D eigenvalue weighted by Crippen LogP contribution is 2.38. The molecule has 1 aliphatic heterocycles. The van der Waals surface area contributed by atoms with Gasteiger partial charge in [-0.2, -0.15) is 0 Å². The second-order valence-electron chi connectivity index (χ2n) is 5.82. The third-order valence-electron chi connectivity index (χ3n) is 3.98. The normalized spacial score (nSPS) is 22.1. The van der Waals surface area contributed by atoms with E-state index in [2.05, 4.69) is 19.9 Å². The van der Waals surface area contributed by atoms with Crippen molar-refractivity contribution in [1.82, 2.24) is 19.9 Å². The van der Waals surface area contributed by atoms with Gasteiger partial charge in [0.2, 0.25) is 0 Å². The number of hydrogen-bond acceptors (Lipinski definition) is 5. The highest BCUT2D eigenvalue weighted by Gasteiger charge is 2.43. The molecule has 0 radical (unpaired) electrons. The predicted molar refractivity (Wildman–Crippen MR) is 73.5 cm³/mol. The number of anilines is 1. The lowest BCUT2D eigenvalue weighted by atomic mass is 9.76. The van der Waals surface area contributed by atoms with Gasteiger partial charge in [-0.25, -0.2) is 19.7 Å². The van der Waals surface area contributed by atoms with Gasteiger partial charge in [0, 0.05) is 6.54 Å². The van der Waals surface area contributed by atoms with Gasteiger partial charge in [0.15, 0.2) is 11.5 Å². The average Bonchev–Trinajstić information content (AvgIpc) is 2.84. The topological polar surface area (TPSA) is 95.0 Å². The molecule has 1 aliphatic rings. The molecule has 7 nitrogen and oxygen atoms in total. The first-order valence-corrected chi connectivity index (χ1v) is 6.64. The van der Waals surface area contributed by atoms with Crippen molar-refractivity contribution in [1.29, 1.82) is 0 Å². The van der Waals surface area contributed by atoms with Gasteiger partial charge in [-0.15, -0.1) is 0 Å². The Morgan fingerprint density at radius 3 is 3.00 bits per heavy atom. The van der Waals surface area contributed by atoms with Crippen LogP contribution in [0.4, 0.5) is 5.82 Å². The fourth-order valence-corrected chi connectivity index (χ4v) is 3.06. The fourth-order valence-electron chi connectivity index (χ4n) is 3.06. The van der Waals surface area contributed by atoms with E-state index in [4.69, 9.17) is 0 Å². The van der Waals surface area contributed by atoms with Crippen LogP contribution in [0.3, 0.4) is 0 Å². The largest absolute Gasteiger partial charge is 0.480 e. The van der Waals surface area contributed by atoms with Crippen LogP contribution < -0.4 is 4.90 Å². The minimum atomic E-state index is -0.819. The van der Waals surface area contributed by atoms with Crippen molar-refractivity contribution in [2.45, 2.75) is 32.7 Å². The minimum Gasteiger partial charge on any atom is -0.480 e. The summed E-state index contributed by atoms with van der Waals surface area (Å²) in [5.41, 5.74) is 0.945. The molecule has 3 rings (SSSR count). The number of hydrogen-bond donors (Lipinski definition) is 2. The molecule has 2 N–H and O–H groups in total. The second kappa shape index (κ2) is 4.43. The zero-order valence-electron chi connectivity index (χ0n) is 11.5. The molecule has 1 atom stereocenters. The molecule has 7 heteroatoms. The number of fused-ring (bicyclic) bond motifs is 1. The van der Waals surface area contributed by atoms with Crippen molar-refractivity contribution >= 4 is 23.0 Å². The highest BCUT2D eigenvalue weighted by atomic mass is 16.4. The summed E-state index contributed by atoms with van der Waals surface area (Å²) in [4.78, 5) is 29.0. The van der Waals surface area contributed by atoms with E-state index in [0.717, 1.165) is 12.8 Å². The summed E-state index contributed by atoms with van der Waals surface area (Å²) in [6.45, 7) is 4.65. The number of nitrogens with one attached hydrogen (secondary N) is 1. The van der Waals surface area contributed by atoms with Crippen LogP contribution in [0.2, 0.25) is 0 Å². The van der Waals surface area contributed by atoms with E-state index in [1.165, 1.54) is 6.33 Å². The Morgan fingerprint density at radius 2 is 2.25 bits per heavy atom. The van der Waals surface area contributed by atoms with Crippen LogP contribution in [0.5, 0.6) is 0 Å². The summed E-state index contributed by atoms with van der Waals surface area (Å²) in [6, 6.07) is -0.599. The Morgan fingerprint density at radius 1 is 1.45 bits per heavy atom. The zero-order valence-corrected chi connectivity index (χ0v) is 11.5. The first kappa shape index (κ1) is 12.8. The van der Waals surface area contributed by atoms with E-state index in [1.807, 2.05) is 18.7 Å². The molecule has 1 saturated heterocycles. The van der Waals surface area contributed by atoms with Gasteiger partial charge in [-0.05, 0) is 18.3 Å². The zero-order chi connectivity index (χ0) is 14.3. The molecule has 0 spiro atoms. The van der Waals surface area contributed by atoms with Crippen LogP contribution in [-0.2, 0) is 4.79 Å². The number of carboxylic acids is 1. The van der Waals surface area contributed by atoms with Crippen molar-refractivity contribution < 1.29 is 9.90 Å². The van der Waals surface area contributed by atoms with Gasteiger partial charge in [-0.1, -0.05) is 13.8 Å². The lowest BCUT2D eigenvalue weighted by Gasteiger charge is -2.44. The van der Waals surface area contributed by atoms with Crippen LogP contribution in [0.15, 0.2) is 12.7 Å². The number of H-pyrrole nitrogens is 1. The van der Waals surface area contributed by atoms with Gasteiger partial charge in [0.1, 0.15) is 17.9 Å². The number of rotatable bonds is 2. The predicted octanol–water partition coefficient (Wildman–Crippen LogP) is 1.43. The highest BCUT2D eigenvalue weighted by molar-refractivity contribution is 5.87. The van der Waals surface area contributed by atoms with Gasteiger partial charge < -0.3 is 15.0 Å². The molecule has 1 unspecified atom stereocenters. The van der Waals surface area contributed by atoms with Crippen LogP contribution in [0.1, 0.15) is 26.7 Å². The fraction of sp³-hybridized carbons (Fsp3) is 0.538. The molecule has 1 fully saturated rings. The summed E-state index contributed by atoms with van der Waals surface area (Å²) in [5.74, 6) is -0.200. The average molecular weight is 275 g/mol. The summed E-state index contributed by atoms with van der Waals surface area (Å²) in [5, 5.41) is 9.62. The van der Waals surface area contributed by atoms with E-state index in [0.29, 0.717) is 23.5 Å². The van der Waals surface area contributed by atoms with E-state index >= 15 is 0 Å². The van der Waals surface area contributed by atoms with Gasteiger partial charge in [0.25, 0.3) is 0 Å². The number of carboxylic acid groups (broad SMARTS) is 1. The number of imidazole rings is 1. The quantitative estimate of drug-likeness (QED) is 0.861. The van der Waals surface area contributed by atoms with Gasteiger partial charge in [0.05, 0.1) is 6.33 Å². The van der Waals surface area contributed by atoms with Crippen molar-refractivity contribution in [3.8, 4) is 0 Å². The molecule has 0 bridgehead atoms. The third kappa shape index (κ3) is 1.90. The minimum absolute atomic E-state index is 0.304. The molecule has 0 aliphatic carbocycles. The Balaban J connectivity index is 2.11. The molecular weight excluding hydrogens is 258 g/mol. The van der Waals surface area contributed by atoms with E-state index in [9.17, 15) is 9.90 Å². The van der Waals surface area contributed by atoms with E-state index in [1.54, 1.807) is 6.33 Å². The lowest BCUT2D eigenvalue weighted by Crippen LogP contribution is -2.54. The number of aromatic nitrogens is 4. The molecule has 0 saturated carbocycles. The van der Waals surface area contributed by atoms with Crippen molar-refractivity contribution in [3.05, 3.63) is 12.7 Å². The number of aliphatic carboxylic acids is 1. The summed E-state index contributed by atoms with van der Waals surface area (Å²) in [6.07, 6.45) is 4.81. The maximum absolute atomic E-state index is 11.7. The molecule has 20 heavy (non-hydrogen) atoms. The maximum atomic E-state index is 11.7. The lowest BCUT2D eigenvalue weighted by molar-refractivity contribution is -0.142. The summed E-state index contributed by atoms with van der Waals surface area (Å²) in [7, 11) is 0. The Kier molecular flexibility index (Phi) is 2.84. The second-order valence-corrected chi connectivity index (χ2v) is 5.82. The van der Waals surface area contributed by atoms with Crippen molar-refractivity contribution in [2.75, 3.05) is 11.4 Å². The van der Waals surface area contributed by atoms with Crippen LogP contribution in [0.25, 0.3) is 11.2 Å². The summed E-state index contributed by atoms with van der Waals surface area (Å²) >= 11 is 0. The molecule has 2 aromatic rings. The Hall–Kier alpha value is -2.18. The first-order chi connectivity index (χ1) is 9.50. The molecule has 2 aromatic heterocycles. The van der Waals surface area contributed by atoms with Gasteiger partial charge in [-0.3, -0.25) is 0 Å². The number of piperidine rings is 1. The number of aromatic amines is 1. The van der Waals surface area contributed by atoms with Crippen LogP contribution >= 0.6 is 0 Å². The Bertz CT molecular complexity index is 651. The third-order valence-corrected chi connectivity index (χ3v) is 3.98. The molecule has 106 valence electrons. The maximum Gasteiger partial charge on any atom is 0.326 e. The SMILES string of the molecule is CC1(C)CCCN(c2ncnc3nc[nH]c23)C1C(=O)O. The molecule has 0 aromatic carbocycles. The van der Waals surface area contributed by atoms with Crippen molar-refractivity contribution in [3.63, 3.8) is 0 Å². The number of carbonyl (C=O) groups is 1. The molecule has 0 amide bonds. The van der Waals surface area contributed by atoms with Crippen molar-refractivity contribution in [2.24, 2.45) is 5.41 Å². The first-order valence-electron chi connectivity index (χ1n) is 6.64. The summed E-state index contributed by atoms with van der Waals surface area (Å²) < 4.78 is 0. The van der Waals surface area contributed by atoms with E-state index in [-0.39, 0.29) is 5.41 Å².